The lowest BCUT2D eigenvalue weighted by molar-refractivity contribution is 0.273. The summed E-state index contributed by atoms with van der Waals surface area (Å²) in [4.78, 5) is 11.6. The quantitative estimate of drug-likeness (QED) is 0.686. The van der Waals surface area contributed by atoms with Crippen LogP contribution in [-0.4, -0.2) is 42.5 Å². The molecule has 1 aliphatic rings. The largest absolute Gasteiger partial charge is 0.356 e. The molecule has 1 N–H and O–H groups in total. The van der Waals surface area contributed by atoms with Crippen LogP contribution in [0.5, 0.6) is 0 Å². The number of aromatic nitrogens is 1. The lowest BCUT2D eigenvalue weighted by atomic mass is 9.93. The first-order chi connectivity index (χ1) is 10.4. The fourth-order valence-corrected chi connectivity index (χ4v) is 3.63. The Morgan fingerprint density at radius 3 is 2.64 bits per heavy atom. The lowest BCUT2D eigenvalue weighted by Crippen LogP contribution is -2.45. The molecule has 5 heteroatoms. The number of hydrogen-bond donors (Lipinski definition) is 1. The Bertz CT molecular complexity index is 493. The molecule has 0 bridgehead atoms. The van der Waals surface area contributed by atoms with E-state index in [1.807, 2.05) is 7.05 Å². The van der Waals surface area contributed by atoms with Gasteiger partial charge in [0, 0.05) is 43.9 Å². The number of guanidine groups is 1. The second-order valence-corrected chi connectivity index (χ2v) is 8.21. The van der Waals surface area contributed by atoms with E-state index in [-0.39, 0.29) is 5.41 Å². The van der Waals surface area contributed by atoms with Gasteiger partial charge in [0.15, 0.2) is 5.96 Å². The number of hydrogen-bond acceptors (Lipinski definition) is 3. The Morgan fingerprint density at radius 1 is 1.41 bits per heavy atom. The molecule has 0 atom stereocenters. The summed E-state index contributed by atoms with van der Waals surface area (Å²) in [6.07, 6.45) is 3.49. The molecular weight excluding hydrogens is 292 g/mol. The van der Waals surface area contributed by atoms with Crippen LogP contribution in [0.3, 0.4) is 0 Å². The third-order valence-electron chi connectivity index (χ3n) is 4.24. The van der Waals surface area contributed by atoms with Crippen LogP contribution in [0.15, 0.2) is 10.4 Å². The molecule has 0 unspecified atom stereocenters. The van der Waals surface area contributed by atoms with E-state index in [0.29, 0.717) is 0 Å². The summed E-state index contributed by atoms with van der Waals surface area (Å²) in [5.41, 5.74) is 1.34. The van der Waals surface area contributed by atoms with Gasteiger partial charge in [-0.15, -0.1) is 11.3 Å². The highest BCUT2D eigenvalue weighted by molar-refractivity contribution is 7.09. The molecule has 0 aliphatic carbocycles. The molecule has 0 spiro atoms. The van der Waals surface area contributed by atoms with Crippen LogP contribution < -0.4 is 5.32 Å². The second-order valence-electron chi connectivity index (χ2n) is 7.27. The van der Waals surface area contributed by atoms with Gasteiger partial charge in [-0.1, -0.05) is 27.7 Å². The van der Waals surface area contributed by atoms with Gasteiger partial charge in [-0.05, 0) is 18.8 Å². The first kappa shape index (κ1) is 17.3. The highest BCUT2D eigenvalue weighted by atomic mass is 32.1. The molecule has 2 heterocycles. The zero-order valence-corrected chi connectivity index (χ0v) is 15.5. The van der Waals surface area contributed by atoms with Gasteiger partial charge in [-0.25, -0.2) is 4.98 Å². The van der Waals surface area contributed by atoms with Gasteiger partial charge in [-0.2, -0.15) is 0 Å². The lowest BCUT2D eigenvalue weighted by Gasteiger charge is -2.32. The third-order valence-corrected chi connectivity index (χ3v) is 5.15. The Morgan fingerprint density at radius 2 is 2.09 bits per heavy atom. The minimum absolute atomic E-state index is 0.142. The van der Waals surface area contributed by atoms with E-state index < -0.39 is 0 Å². The van der Waals surface area contributed by atoms with Crippen molar-refractivity contribution in [1.29, 1.82) is 0 Å². The fraction of sp³-hybridized carbons (Fsp3) is 0.765. The average molecular weight is 323 g/mol. The summed E-state index contributed by atoms with van der Waals surface area (Å²) in [6.45, 7) is 12.1. The predicted molar refractivity (Wildman–Crippen MR) is 95.9 cm³/mol. The van der Waals surface area contributed by atoms with E-state index in [9.17, 15) is 0 Å². The standard InChI is InChI=1S/C17H30N4S/c1-13-7-10-21(11-8-13)16(18-5)19-9-6-15-20-14(12-22-15)17(2,3)4/h12-13H,6-11H2,1-5H3,(H,18,19). The van der Waals surface area contributed by atoms with Crippen molar-refractivity contribution in [2.75, 3.05) is 26.7 Å². The zero-order chi connectivity index (χ0) is 16.2. The first-order valence-corrected chi connectivity index (χ1v) is 9.18. The van der Waals surface area contributed by atoms with E-state index in [4.69, 9.17) is 4.98 Å². The molecule has 0 saturated carbocycles. The maximum atomic E-state index is 4.75. The summed E-state index contributed by atoms with van der Waals surface area (Å²) < 4.78 is 0. The van der Waals surface area contributed by atoms with Crippen LogP contribution in [0.4, 0.5) is 0 Å². The first-order valence-electron chi connectivity index (χ1n) is 8.30. The summed E-state index contributed by atoms with van der Waals surface area (Å²) >= 11 is 1.77. The van der Waals surface area contributed by atoms with Crippen molar-refractivity contribution in [3.63, 3.8) is 0 Å². The molecule has 1 aromatic rings. The molecule has 1 fully saturated rings. The smallest absolute Gasteiger partial charge is 0.193 e. The molecule has 124 valence electrons. The minimum Gasteiger partial charge on any atom is -0.356 e. The van der Waals surface area contributed by atoms with Gasteiger partial charge in [0.05, 0.1) is 10.7 Å². The van der Waals surface area contributed by atoms with Crippen molar-refractivity contribution < 1.29 is 0 Å². The van der Waals surface area contributed by atoms with Crippen molar-refractivity contribution >= 4 is 17.3 Å². The third kappa shape index (κ3) is 4.70. The van der Waals surface area contributed by atoms with Gasteiger partial charge in [0.25, 0.3) is 0 Å². The molecule has 1 aromatic heterocycles. The molecule has 1 saturated heterocycles. The van der Waals surface area contributed by atoms with Gasteiger partial charge in [0.2, 0.25) is 0 Å². The van der Waals surface area contributed by atoms with Gasteiger partial charge in [0.1, 0.15) is 0 Å². The Labute approximate surface area is 139 Å². The fourth-order valence-electron chi connectivity index (χ4n) is 2.60. The highest BCUT2D eigenvalue weighted by Crippen LogP contribution is 2.24. The van der Waals surface area contributed by atoms with Gasteiger partial charge in [-0.3, -0.25) is 4.99 Å². The minimum atomic E-state index is 0.142. The highest BCUT2D eigenvalue weighted by Gasteiger charge is 2.19. The number of nitrogens with zero attached hydrogens (tertiary/aromatic N) is 3. The van der Waals surface area contributed by atoms with Gasteiger partial charge < -0.3 is 10.2 Å². The molecule has 22 heavy (non-hydrogen) atoms. The molecule has 1 aliphatic heterocycles. The van der Waals surface area contributed by atoms with E-state index in [1.165, 1.54) is 23.5 Å². The number of thiazole rings is 1. The number of rotatable bonds is 3. The SMILES string of the molecule is CN=C(NCCc1nc(C(C)(C)C)cs1)N1CCC(C)CC1. The predicted octanol–water partition coefficient (Wildman–Crippen LogP) is 3.29. The van der Waals surface area contributed by atoms with Crippen molar-refractivity contribution in [3.8, 4) is 0 Å². The molecule has 0 radical (unpaired) electrons. The van der Waals surface area contributed by atoms with Gasteiger partial charge >= 0.3 is 0 Å². The van der Waals surface area contributed by atoms with Crippen molar-refractivity contribution in [1.82, 2.24) is 15.2 Å². The van der Waals surface area contributed by atoms with Crippen LogP contribution in [0.1, 0.15) is 51.2 Å². The van der Waals surface area contributed by atoms with Crippen LogP contribution in [0, 0.1) is 5.92 Å². The van der Waals surface area contributed by atoms with Crippen LogP contribution in [0.2, 0.25) is 0 Å². The second kappa shape index (κ2) is 7.44. The monoisotopic (exact) mass is 322 g/mol. The van der Waals surface area contributed by atoms with E-state index in [2.05, 4.69) is 48.3 Å². The van der Waals surface area contributed by atoms with Crippen LogP contribution >= 0.6 is 11.3 Å². The zero-order valence-electron chi connectivity index (χ0n) is 14.6. The number of piperidine rings is 1. The summed E-state index contributed by atoms with van der Waals surface area (Å²) in [7, 11) is 1.88. The van der Waals surface area contributed by atoms with E-state index >= 15 is 0 Å². The maximum Gasteiger partial charge on any atom is 0.193 e. The van der Waals surface area contributed by atoms with E-state index in [1.54, 1.807) is 11.3 Å². The summed E-state index contributed by atoms with van der Waals surface area (Å²) in [5, 5.41) is 6.89. The Balaban J connectivity index is 1.81. The molecule has 2 rings (SSSR count). The normalized spacial score (nSPS) is 17.9. The average Bonchev–Trinajstić information content (AvgIpc) is 2.94. The summed E-state index contributed by atoms with van der Waals surface area (Å²) in [6, 6.07) is 0. The molecular formula is C17H30N4S. The number of aliphatic imine (C=N–C) groups is 1. The Kier molecular flexibility index (Phi) is 5.84. The van der Waals surface area contributed by atoms with Crippen molar-refractivity contribution in [2.45, 2.75) is 52.4 Å². The van der Waals surface area contributed by atoms with E-state index in [0.717, 1.165) is 37.9 Å². The van der Waals surface area contributed by atoms with Crippen LogP contribution in [0.25, 0.3) is 0 Å². The Hall–Kier alpha value is -1.10. The van der Waals surface area contributed by atoms with Crippen molar-refractivity contribution in [2.24, 2.45) is 10.9 Å². The van der Waals surface area contributed by atoms with Crippen molar-refractivity contribution in [3.05, 3.63) is 16.1 Å². The molecule has 0 aromatic carbocycles. The molecule has 0 amide bonds. The maximum absolute atomic E-state index is 4.75. The topological polar surface area (TPSA) is 40.5 Å². The van der Waals surface area contributed by atoms with Crippen LogP contribution in [-0.2, 0) is 11.8 Å². The molecule has 4 nitrogen and oxygen atoms in total. The number of likely N-dealkylation sites (tertiary alicyclic amines) is 1. The number of nitrogens with one attached hydrogen (secondary N) is 1. The summed E-state index contributed by atoms with van der Waals surface area (Å²) in [5.74, 6) is 1.89.